The van der Waals surface area contributed by atoms with Gasteiger partial charge in [-0.15, -0.1) is 0 Å². The number of carbonyl (C=O) groups excluding carboxylic acids is 2. The molecule has 1 unspecified atom stereocenters. The van der Waals surface area contributed by atoms with Crippen molar-refractivity contribution in [3.8, 4) is 5.75 Å². The molecule has 0 aromatic heterocycles. The van der Waals surface area contributed by atoms with Crippen LogP contribution in [-0.2, 0) is 9.59 Å². The van der Waals surface area contributed by atoms with Gasteiger partial charge in [0, 0.05) is 13.1 Å². The largest absolute Gasteiger partial charge is 0.477 e. The average Bonchev–Trinajstić information content (AvgIpc) is 2.51. The molecule has 6 nitrogen and oxygen atoms in total. The quantitative estimate of drug-likeness (QED) is 0.843. The van der Waals surface area contributed by atoms with Crippen LogP contribution in [0.25, 0.3) is 0 Å². The van der Waals surface area contributed by atoms with Crippen molar-refractivity contribution in [1.82, 2.24) is 10.2 Å². The number of amides is 2. The summed E-state index contributed by atoms with van der Waals surface area (Å²) in [5.74, 6) is 0.332. The Morgan fingerprint density at radius 2 is 2.14 bits per heavy atom. The summed E-state index contributed by atoms with van der Waals surface area (Å²) in [4.78, 5) is 25.6. The molecule has 0 aliphatic carbocycles. The fourth-order valence-electron chi connectivity index (χ4n) is 2.23. The number of nitrogens with one attached hydrogen (secondary N) is 2. The number of anilines is 1. The number of nitrogens with zero attached hydrogens (tertiary/aromatic N) is 1. The molecular weight excluding hydrogens is 270 g/mol. The van der Waals surface area contributed by atoms with E-state index in [2.05, 4.69) is 10.6 Å². The summed E-state index contributed by atoms with van der Waals surface area (Å²) < 4.78 is 5.73. The molecule has 1 aromatic rings. The highest BCUT2D eigenvalue weighted by Gasteiger charge is 2.29. The van der Waals surface area contributed by atoms with Crippen LogP contribution in [0.1, 0.15) is 13.8 Å². The van der Waals surface area contributed by atoms with E-state index in [4.69, 9.17) is 4.74 Å². The Morgan fingerprint density at radius 1 is 1.38 bits per heavy atom. The van der Waals surface area contributed by atoms with Gasteiger partial charge in [0.05, 0.1) is 18.8 Å². The highest BCUT2D eigenvalue weighted by Crippen LogP contribution is 2.28. The van der Waals surface area contributed by atoms with E-state index in [0.717, 1.165) is 5.69 Å². The molecule has 0 saturated carbocycles. The standard InChI is InChI=1S/C15H21N3O3/c1-3-16-14(19)10-18(4-2)15(20)13-9-17-11-7-5-6-8-12(11)21-13/h5-8,13,17H,3-4,9-10H2,1-2H3,(H,16,19). The van der Waals surface area contributed by atoms with Crippen LogP contribution in [0.2, 0.25) is 0 Å². The van der Waals surface area contributed by atoms with Crippen LogP contribution in [-0.4, -0.2) is 49.0 Å². The molecule has 2 rings (SSSR count). The molecule has 6 heteroatoms. The Hall–Kier alpha value is -2.24. The van der Waals surface area contributed by atoms with Gasteiger partial charge in [0.15, 0.2) is 6.10 Å². The number of ether oxygens (including phenoxy) is 1. The van der Waals surface area contributed by atoms with E-state index in [-0.39, 0.29) is 18.4 Å². The third-order valence-electron chi connectivity index (χ3n) is 3.31. The predicted octanol–water partition coefficient (Wildman–Crippen LogP) is 0.844. The van der Waals surface area contributed by atoms with Crippen LogP contribution < -0.4 is 15.4 Å². The predicted molar refractivity (Wildman–Crippen MR) is 80.3 cm³/mol. The molecule has 1 atom stereocenters. The van der Waals surface area contributed by atoms with Gasteiger partial charge in [-0.25, -0.2) is 0 Å². The maximum atomic E-state index is 12.5. The Labute approximate surface area is 124 Å². The number of hydrogen-bond acceptors (Lipinski definition) is 4. The molecule has 2 amide bonds. The minimum atomic E-state index is -0.603. The lowest BCUT2D eigenvalue weighted by Gasteiger charge is -2.30. The van der Waals surface area contributed by atoms with Gasteiger partial charge in [0.1, 0.15) is 5.75 Å². The first-order valence-electron chi connectivity index (χ1n) is 7.20. The van der Waals surface area contributed by atoms with E-state index in [0.29, 0.717) is 25.4 Å². The van der Waals surface area contributed by atoms with Crippen molar-refractivity contribution >= 4 is 17.5 Å². The monoisotopic (exact) mass is 291 g/mol. The molecule has 0 saturated heterocycles. The number of fused-ring (bicyclic) bond motifs is 1. The molecule has 21 heavy (non-hydrogen) atoms. The fraction of sp³-hybridized carbons (Fsp3) is 0.467. The Bertz CT molecular complexity index is 519. The van der Waals surface area contributed by atoms with Gasteiger partial charge in [-0.1, -0.05) is 12.1 Å². The first-order valence-corrected chi connectivity index (χ1v) is 7.20. The summed E-state index contributed by atoms with van der Waals surface area (Å²) >= 11 is 0. The van der Waals surface area contributed by atoms with Crippen molar-refractivity contribution in [2.45, 2.75) is 20.0 Å². The first kappa shape index (κ1) is 15.2. The molecule has 0 bridgehead atoms. The van der Waals surface area contributed by atoms with Gasteiger partial charge < -0.3 is 20.3 Å². The van der Waals surface area contributed by atoms with E-state index >= 15 is 0 Å². The van der Waals surface area contributed by atoms with Crippen molar-refractivity contribution in [2.24, 2.45) is 0 Å². The second-order valence-electron chi connectivity index (χ2n) is 4.79. The smallest absolute Gasteiger partial charge is 0.265 e. The number of benzene rings is 1. The number of likely N-dealkylation sites (N-methyl/N-ethyl adjacent to an activating group) is 2. The molecule has 1 aromatic carbocycles. The fourth-order valence-corrected chi connectivity index (χ4v) is 2.23. The average molecular weight is 291 g/mol. The summed E-state index contributed by atoms with van der Waals surface area (Å²) in [5.41, 5.74) is 0.883. The minimum Gasteiger partial charge on any atom is -0.477 e. The van der Waals surface area contributed by atoms with Crippen LogP contribution >= 0.6 is 0 Å². The molecule has 0 spiro atoms. The van der Waals surface area contributed by atoms with Crippen molar-refractivity contribution in [3.05, 3.63) is 24.3 Å². The lowest BCUT2D eigenvalue weighted by Crippen LogP contribution is -2.49. The van der Waals surface area contributed by atoms with Crippen LogP contribution in [0.3, 0.4) is 0 Å². The highest BCUT2D eigenvalue weighted by molar-refractivity contribution is 5.88. The second kappa shape index (κ2) is 6.97. The molecule has 0 radical (unpaired) electrons. The lowest BCUT2D eigenvalue weighted by molar-refractivity contribution is -0.141. The van der Waals surface area contributed by atoms with Gasteiger partial charge in [0.25, 0.3) is 5.91 Å². The minimum absolute atomic E-state index is 0.0602. The first-order chi connectivity index (χ1) is 10.2. The van der Waals surface area contributed by atoms with Gasteiger partial charge in [-0.3, -0.25) is 9.59 Å². The van der Waals surface area contributed by atoms with Crippen molar-refractivity contribution in [2.75, 3.05) is 31.5 Å². The topological polar surface area (TPSA) is 70.7 Å². The summed E-state index contributed by atoms with van der Waals surface area (Å²) in [6.45, 7) is 5.19. The SMILES string of the molecule is CCNC(=O)CN(CC)C(=O)C1CNc2ccccc2O1. The molecule has 114 valence electrons. The normalized spacial score (nSPS) is 16.2. The van der Waals surface area contributed by atoms with Crippen LogP contribution in [0.4, 0.5) is 5.69 Å². The Balaban J connectivity index is 2.01. The van der Waals surface area contributed by atoms with E-state index < -0.39 is 6.10 Å². The van der Waals surface area contributed by atoms with E-state index in [1.165, 1.54) is 4.90 Å². The number of para-hydroxylation sites is 2. The van der Waals surface area contributed by atoms with Gasteiger partial charge in [-0.05, 0) is 26.0 Å². The van der Waals surface area contributed by atoms with Gasteiger partial charge in [-0.2, -0.15) is 0 Å². The summed E-state index contributed by atoms with van der Waals surface area (Å²) in [7, 11) is 0. The van der Waals surface area contributed by atoms with E-state index in [1.807, 2.05) is 38.1 Å². The molecule has 1 aliphatic rings. The Morgan fingerprint density at radius 3 is 2.86 bits per heavy atom. The number of carbonyl (C=O) groups is 2. The van der Waals surface area contributed by atoms with Crippen LogP contribution in [0.5, 0.6) is 5.75 Å². The maximum absolute atomic E-state index is 12.5. The summed E-state index contributed by atoms with van der Waals surface area (Å²) in [6.07, 6.45) is -0.603. The zero-order chi connectivity index (χ0) is 15.2. The summed E-state index contributed by atoms with van der Waals surface area (Å²) in [6, 6.07) is 7.49. The van der Waals surface area contributed by atoms with Crippen LogP contribution in [0.15, 0.2) is 24.3 Å². The zero-order valence-electron chi connectivity index (χ0n) is 12.4. The molecule has 1 aliphatic heterocycles. The second-order valence-corrected chi connectivity index (χ2v) is 4.79. The summed E-state index contributed by atoms with van der Waals surface area (Å²) in [5, 5.41) is 5.87. The molecule has 2 N–H and O–H groups in total. The molecule has 0 fully saturated rings. The maximum Gasteiger partial charge on any atom is 0.265 e. The van der Waals surface area contributed by atoms with Gasteiger partial charge in [0.2, 0.25) is 5.91 Å². The van der Waals surface area contributed by atoms with Crippen molar-refractivity contribution < 1.29 is 14.3 Å². The van der Waals surface area contributed by atoms with Crippen molar-refractivity contribution in [3.63, 3.8) is 0 Å². The number of rotatable bonds is 5. The number of hydrogen-bond donors (Lipinski definition) is 2. The van der Waals surface area contributed by atoms with Crippen molar-refractivity contribution in [1.29, 1.82) is 0 Å². The van der Waals surface area contributed by atoms with E-state index in [9.17, 15) is 9.59 Å². The highest BCUT2D eigenvalue weighted by atomic mass is 16.5. The molecular formula is C15H21N3O3. The third kappa shape index (κ3) is 3.65. The lowest BCUT2D eigenvalue weighted by atomic mass is 10.2. The van der Waals surface area contributed by atoms with E-state index in [1.54, 1.807) is 0 Å². The zero-order valence-corrected chi connectivity index (χ0v) is 12.4. The van der Waals surface area contributed by atoms with Gasteiger partial charge >= 0.3 is 0 Å². The molecule has 1 heterocycles. The third-order valence-corrected chi connectivity index (χ3v) is 3.31. The Kier molecular flexibility index (Phi) is 5.03. The van der Waals surface area contributed by atoms with Crippen LogP contribution in [0, 0.1) is 0 Å².